The lowest BCUT2D eigenvalue weighted by Gasteiger charge is -2.19. The van der Waals surface area contributed by atoms with Crippen LogP contribution in [0.3, 0.4) is 0 Å². The van der Waals surface area contributed by atoms with Crippen LogP contribution in [0.2, 0.25) is 0 Å². The molecule has 0 saturated heterocycles. The fourth-order valence-electron chi connectivity index (χ4n) is 2.84. The van der Waals surface area contributed by atoms with Gasteiger partial charge in [0, 0.05) is 11.4 Å². The summed E-state index contributed by atoms with van der Waals surface area (Å²) in [6.07, 6.45) is 2.20. The van der Waals surface area contributed by atoms with Crippen LogP contribution in [0.15, 0.2) is 22.9 Å². The Balaban J connectivity index is 1.67. The van der Waals surface area contributed by atoms with Crippen LogP contribution < -0.4 is 5.32 Å². The van der Waals surface area contributed by atoms with Crippen LogP contribution in [0.5, 0.6) is 0 Å². The second-order valence-corrected chi connectivity index (χ2v) is 8.23. The van der Waals surface area contributed by atoms with Crippen molar-refractivity contribution in [2.24, 2.45) is 0 Å². The number of hydrogen-bond acceptors (Lipinski definition) is 6. The number of anilines is 1. The molecular weight excluding hydrogens is 368 g/mol. The lowest BCUT2D eigenvalue weighted by atomic mass is 10.1. The quantitative estimate of drug-likeness (QED) is 0.646. The zero-order valence-electron chi connectivity index (χ0n) is 15.1. The van der Waals surface area contributed by atoms with Gasteiger partial charge in [-0.15, -0.1) is 22.7 Å². The Morgan fingerprint density at radius 2 is 2.12 bits per heavy atom. The van der Waals surface area contributed by atoms with E-state index in [4.69, 9.17) is 4.74 Å². The van der Waals surface area contributed by atoms with Gasteiger partial charge in [0.15, 0.2) is 0 Å². The fourth-order valence-corrected chi connectivity index (χ4v) is 4.64. The van der Waals surface area contributed by atoms with Gasteiger partial charge in [0.25, 0.3) is 0 Å². The summed E-state index contributed by atoms with van der Waals surface area (Å²) in [6, 6.07) is 4.09. The molecule has 5 nitrogen and oxygen atoms in total. The molecule has 1 amide bonds. The molecule has 0 bridgehead atoms. The molecule has 140 valence electrons. The van der Waals surface area contributed by atoms with Crippen molar-refractivity contribution >= 4 is 39.6 Å². The van der Waals surface area contributed by atoms with Crippen LogP contribution in [-0.2, 0) is 16.1 Å². The maximum atomic E-state index is 12.5. The van der Waals surface area contributed by atoms with Gasteiger partial charge in [0.2, 0.25) is 5.91 Å². The van der Waals surface area contributed by atoms with Crippen molar-refractivity contribution in [1.82, 2.24) is 4.90 Å². The number of ether oxygens (including phenoxy) is 1. The van der Waals surface area contributed by atoms with Crippen LogP contribution in [0.1, 0.15) is 53.4 Å². The van der Waals surface area contributed by atoms with E-state index in [-0.39, 0.29) is 11.9 Å². The second kappa shape index (κ2) is 8.79. The van der Waals surface area contributed by atoms with Gasteiger partial charge in [0.1, 0.15) is 5.00 Å². The molecule has 0 aromatic carbocycles. The molecule has 1 aliphatic carbocycles. The van der Waals surface area contributed by atoms with Crippen molar-refractivity contribution in [3.05, 3.63) is 38.9 Å². The number of rotatable bonds is 9. The standard InChI is InChI=1S/C19H24N2O3S2/c1-3-21(10-14-6-5-9-25-14)11-16(22)20-18-17(19(23)24-4-2)15(12-26-18)13-7-8-13/h5-6,9,12-13H,3-4,7-8,10-11H2,1-2H3,(H,20,22). The topological polar surface area (TPSA) is 58.6 Å². The number of carbonyl (C=O) groups is 2. The number of nitrogens with zero attached hydrogens (tertiary/aromatic N) is 1. The summed E-state index contributed by atoms with van der Waals surface area (Å²) >= 11 is 3.11. The molecule has 0 radical (unpaired) electrons. The molecule has 2 heterocycles. The monoisotopic (exact) mass is 392 g/mol. The van der Waals surface area contributed by atoms with Gasteiger partial charge in [-0.05, 0) is 54.6 Å². The minimum atomic E-state index is -0.336. The van der Waals surface area contributed by atoms with Crippen LogP contribution >= 0.6 is 22.7 Å². The van der Waals surface area contributed by atoms with Gasteiger partial charge in [-0.2, -0.15) is 0 Å². The van der Waals surface area contributed by atoms with Gasteiger partial charge in [-0.25, -0.2) is 4.79 Å². The van der Waals surface area contributed by atoms with Crippen molar-refractivity contribution in [3.63, 3.8) is 0 Å². The van der Waals surface area contributed by atoms with E-state index in [1.165, 1.54) is 16.2 Å². The molecule has 26 heavy (non-hydrogen) atoms. The highest BCUT2D eigenvalue weighted by Crippen LogP contribution is 2.46. The molecule has 1 aliphatic rings. The summed E-state index contributed by atoms with van der Waals surface area (Å²) in [4.78, 5) is 28.2. The third-order valence-corrected chi connectivity index (χ3v) is 6.12. The molecule has 7 heteroatoms. The SMILES string of the molecule is CCOC(=O)c1c(C2CC2)csc1NC(=O)CN(CC)Cc1cccs1. The number of amides is 1. The van der Waals surface area contributed by atoms with E-state index in [2.05, 4.69) is 16.3 Å². The van der Waals surface area contributed by atoms with Crippen molar-refractivity contribution in [3.8, 4) is 0 Å². The zero-order valence-corrected chi connectivity index (χ0v) is 16.8. The van der Waals surface area contributed by atoms with E-state index in [1.54, 1.807) is 18.3 Å². The van der Waals surface area contributed by atoms with Crippen LogP contribution in [0.4, 0.5) is 5.00 Å². The Labute approximate surface area is 162 Å². The van der Waals surface area contributed by atoms with E-state index in [9.17, 15) is 9.59 Å². The molecule has 2 aromatic heterocycles. The molecule has 3 rings (SSSR count). The van der Waals surface area contributed by atoms with E-state index in [0.29, 0.717) is 29.6 Å². The minimum Gasteiger partial charge on any atom is -0.462 e. The number of likely N-dealkylation sites (N-methyl/N-ethyl adjacent to an activating group) is 1. The van der Waals surface area contributed by atoms with Crippen LogP contribution in [-0.4, -0.2) is 36.5 Å². The third kappa shape index (κ3) is 4.72. The van der Waals surface area contributed by atoms with Crippen LogP contribution in [0, 0.1) is 0 Å². The lowest BCUT2D eigenvalue weighted by molar-refractivity contribution is -0.117. The molecule has 1 saturated carbocycles. The molecule has 2 aromatic rings. The molecule has 0 unspecified atom stereocenters. The molecule has 0 spiro atoms. The number of nitrogens with one attached hydrogen (secondary N) is 1. The van der Waals surface area contributed by atoms with Gasteiger partial charge >= 0.3 is 5.97 Å². The maximum absolute atomic E-state index is 12.5. The predicted molar refractivity (Wildman–Crippen MR) is 106 cm³/mol. The first kappa shape index (κ1) is 19.1. The summed E-state index contributed by atoms with van der Waals surface area (Å²) in [5.41, 5.74) is 1.57. The van der Waals surface area contributed by atoms with Gasteiger partial charge in [-0.1, -0.05) is 13.0 Å². The molecule has 1 fully saturated rings. The second-order valence-electron chi connectivity index (χ2n) is 6.32. The van der Waals surface area contributed by atoms with Crippen molar-refractivity contribution in [2.45, 2.75) is 39.2 Å². The van der Waals surface area contributed by atoms with Crippen LogP contribution in [0.25, 0.3) is 0 Å². The summed E-state index contributed by atoms with van der Waals surface area (Å²) in [6.45, 7) is 6.01. The van der Waals surface area contributed by atoms with Gasteiger partial charge in [-0.3, -0.25) is 9.69 Å². The Bertz CT molecular complexity index is 751. The highest BCUT2D eigenvalue weighted by atomic mass is 32.1. The average Bonchev–Trinajstić information content (AvgIpc) is 3.17. The van der Waals surface area contributed by atoms with Crippen molar-refractivity contribution in [2.75, 3.05) is 25.0 Å². The summed E-state index contributed by atoms with van der Waals surface area (Å²) in [5.74, 6) is -0.00249. The first-order chi connectivity index (χ1) is 12.6. The molecule has 1 N–H and O–H groups in total. The number of hydrogen-bond donors (Lipinski definition) is 1. The van der Waals surface area contributed by atoms with E-state index >= 15 is 0 Å². The maximum Gasteiger partial charge on any atom is 0.341 e. The van der Waals surface area contributed by atoms with E-state index < -0.39 is 0 Å². The van der Waals surface area contributed by atoms with Crippen molar-refractivity contribution in [1.29, 1.82) is 0 Å². The summed E-state index contributed by atoms with van der Waals surface area (Å²) < 4.78 is 5.21. The molecule has 0 aliphatic heterocycles. The molecule has 0 atom stereocenters. The lowest BCUT2D eigenvalue weighted by Crippen LogP contribution is -2.32. The van der Waals surface area contributed by atoms with Gasteiger partial charge in [0.05, 0.1) is 18.7 Å². The van der Waals surface area contributed by atoms with E-state index in [0.717, 1.165) is 31.5 Å². The summed E-state index contributed by atoms with van der Waals surface area (Å²) in [7, 11) is 0. The number of carbonyl (C=O) groups excluding carboxylic acids is 2. The number of thiophene rings is 2. The average molecular weight is 393 g/mol. The first-order valence-corrected chi connectivity index (χ1v) is 10.7. The highest BCUT2D eigenvalue weighted by molar-refractivity contribution is 7.15. The number of esters is 1. The Hall–Kier alpha value is -1.70. The largest absolute Gasteiger partial charge is 0.462 e. The van der Waals surface area contributed by atoms with Gasteiger partial charge < -0.3 is 10.1 Å². The Morgan fingerprint density at radius 1 is 1.31 bits per heavy atom. The minimum absolute atomic E-state index is 0.0989. The smallest absolute Gasteiger partial charge is 0.341 e. The first-order valence-electron chi connectivity index (χ1n) is 8.95. The fraction of sp³-hybridized carbons (Fsp3) is 0.474. The zero-order chi connectivity index (χ0) is 18.5. The van der Waals surface area contributed by atoms with Crippen molar-refractivity contribution < 1.29 is 14.3 Å². The molecular formula is C19H24N2O3S2. The Kier molecular flexibility index (Phi) is 6.45. The highest BCUT2D eigenvalue weighted by Gasteiger charge is 2.32. The summed E-state index contributed by atoms with van der Waals surface area (Å²) in [5, 5.41) is 7.58. The Morgan fingerprint density at radius 3 is 2.73 bits per heavy atom. The normalized spacial score (nSPS) is 13.8. The predicted octanol–water partition coefficient (Wildman–Crippen LogP) is 4.32. The van der Waals surface area contributed by atoms with E-state index in [1.807, 2.05) is 23.8 Å². The third-order valence-electron chi connectivity index (χ3n) is 4.34.